The fourth-order valence-corrected chi connectivity index (χ4v) is 2.35. The molecule has 0 aliphatic heterocycles. The summed E-state index contributed by atoms with van der Waals surface area (Å²) in [6.07, 6.45) is 6.44. The predicted molar refractivity (Wildman–Crippen MR) is 66.6 cm³/mol. The summed E-state index contributed by atoms with van der Waals surface area (Å²) >= 11 is 0. The summed E-state index contributed by atoms with van der Waals surface area (Å²) in [7, 11) is -4.02. The Morgan fingerprint density at radius 2 is 2.05 bits per heavy atom. The quantitative estimate of drug-likeness (QED) is 0.638. The van der Waals surface area contributed by atoms with Gasteiger partial charge in [-0.1, -0.05) is 4.68 Å². The number of aromatic nitrogens is 4. The molecule has 2 heterocycles. The summed E-state index contributed by atoms with van der Waals surface area (Å²) in [5.41, 5.74) is 0.732. The highest BCUT2D eigenvalue weighted by Gasteiger charge is 2.21. The van der Waals surface area contributed by atoms with E-state index < -0.39 is 16.2 Å². The van der Waals surface area contributed by atoms with Gasteiger partial charge in [-0.15, -0.1) is 0 Å². The van der Waals surface area contributed by atoms with Gasteiger partial charge in [-0.3, -0.25) is 4.55 Å². The van der Waals surface area contributed by atoms with Gasteiger partial charge in [0.1, 0.15) is 11.9 Å². The van der Waals surface area contributed by atoms with E-state index in [1.807, 2.05) is 0 Å². The van der Waals surface area contributed by atoms with Gasteiger partial charge in [0.15, 0.2) is 18.1 Å². The number of rotatable bonds is 4. The lowest BCUT2D eigenvalue weighted by Gasteiger charge is -2.03. The molecule has 0 aliphatic carbocycles. The van der Waals surface area contributed by atoms with E-state index in [1.54, 1.807) is 43.8 Å². The van der Waals surface area contributed by atoms with E-state index in [0.717, 1.165) is 5.56 Å². The largest absolute Gasteiger partial charge is 0.285 e. The maximum absolute atomic E-state index is 10.8. The van der Waals surface area contributed by atoms with Crippen LogP contribution in [0.15, 0.2) is 36.9 Å². The molecule has 2 rings (SSSR count). The molecule has 1 unspecified atom stereocenters. The van der Waals surface area contributed by atoms with Crippen molar-refractivity contribution in [3.8, 4) is 11.4 Å². The normalized spacial score (nSPS) is 13.2. The molecule has 0 fully saturated rings. The summed E-state index contributed by atoms with van der Waals surface area (Å²) in [6.45, 7) is 1.65. The van der Waals surface area contributed by atoms with E-state index in [2.05, 4.69) is 15.1 Å². The van der Waals surface area contributed by atoms with Crippen LogP contribution in [0.1, 0.15) is 13.0 Å². The van der Waals surface area contributed by atoms with Gasteiger partial charge in [-0.2, -0.15) is 8.42 Å². The summed E-state index contributed by atoms with van der Waals surface area (Å²) in [5.74, 6) is 0.163. The fraction of sp³-hybridized carbons (Fsp3) is 0.273. The molecule has 19 heavy (non-hydrogen) atoms. The molecule has 100 valence electrons. The molecule has 0 aromatic carbocycles. The van der Waals surface area contributed by atoms with Crippen molar-refractivity contribution < 1.29 is 17.7 Å². The average molecular weight is 281 g/mol. The van der Waals surface area contributed by atoms with Crippen LogP contribution in [0.25, 0.3) is 11.4 Å². The van der Waals surface area contributed by atoms with E-state index in [9.17, 15) is 8.42 Å². The Morgan fingerprint density at radius 1 is 1.37 bits per heavy atom. The van der Waals surface area contributed by atoms with Crippen LogP contribution >= 0.6 is 0 Å². The maximum atomic E-state index is 10.8. The van der Waals surface area contributed by atoms with Crippen molar-refractivity contribution in [2.45, 2.75) is 13.0 Å². The summed E-state index contributed by atoms with van der Waals surface area (Å²) < 4.78 is 31.8. The molecule has 0 bridgehead atoms. The smallest absolute Gasteiger partial charge is 0.271 e. The van der Waals surface area contributed by atoms with E-state index in [1.165, 1.54) is 4.68 Å². The van der Waals surface area contributed by atoms with Gasteiger partial charge in [0.25, 0.3) is 10.1 Å². The maximum Gasteiger partial charge on any atom is 0.271 e. The lowest BCUT2D eigenvalue weighted by Crippen LogP contribution is -2.44. The zero-order valence-electron chi connectivity index (χ0n) is 10.2. The molecule has 0 aliphatic rings. The minimum absolute atomic E-state index is 0.383. The third-order valence-electron chi connectivity index (χ3n) is 2.46. The molecule has 7 nitrogen and oxygen atoms in total. The Labute approximate surface area is 110 Å². The molecule has 2 aromatic rings. The van der Waals surface area contributed by atoms with Crippen molar-refractivity contribution in [3.05, 3.63) is 36.9 Å². The van der Waals surface area contributed by atoms with E-state index >= 15 is 0 Å². The van der Waals surface area contributed by atoms with Gasteiger partial charge in [-0.25, -0.2) is 9.97 Å². The van der Waals surface area contributed by atoms with Crippen LogP contribution < -0.4 is 4.68 Å². The topological polar surface area (TPSA) is 96.9 Å². The Bertz CT molecular complexity index is 643. The second kappa shape index (κ2) is 5.37. The van der Waals surface area contributed by atoms with Crippen LogP contribution in [0.5, 0.6) is 0 Å². The van der Waals surface area contributed by atoms with Crippen LogP contribution in [0.2, 0.25) is 0 Å². The molecule has 0 amide bonds. The Kier molecular flexibility index (Phi) is 3.82. The lowest BCUT2D eigenvalue weighted by molar-refractivity contribution is -0.770. The van der Waals surface area contributed by atoms with Crippen molar-refractivity contribution >= 4 is 10.1 Å². The second-order valence-corrected chi connectivity index (χ2v) is 5.56. The van der Waals surface area contributed by atoms with Crippen LogP contribution in [0.3, 0.4) is 0 Å². The van der Waals surface area contributed by atoms with Gasteiger partial charge in [0, 0.05) is 30.9 Å². The molecular weight excluding hydrogens is 268 g/mol. The van der Waals surface area contributed by atoms with Crippen LogP contribution in [-0.4, -0.2) is 33.8 Å². The number of hydrogen-bond acceptors (Lipinski definition) is 5. The Balaban J connectivity index is 2.19. The van der Waals surface area contributed by atoms with Crippen molar-refractivity contribution in [1.82, 2.24) is 15.1 Å². The number of nitrogens with zero attached hydrogens (tertiary/aromatic N) is 4. The summed E-state index contributed by atoms with van der Waals surface area (Å²) in [4.78, 5) is 8.17. The summed E-state index contributed by atoms with van der Waals surface area (Å²) in [5, 5.41) is 4.10. The minimum atomic E-state index is -4.02. The van der Waals surface area contributed by atoms with Crippen LogP contribution in [0.4, 0.5) is 0 Å². The zero-order chi connectivity index (χ0) is 13.9. The van der Waals surface area contributed by atoms with Gasteiger partial charge < -0.3 is 0 Å². The molecular formula is C11H13N4O3S+. The predicted octanol–water partition coefficient (Wildman–Crippen LogP) is 0.275. The Morgan fingerprint density at radius 3 is 2.58 bits per heavy atom. The van der Waals surface area contributed by atoms with Gasteiger partial charge in [0.2, 0.25) is 0 Å². The fourth-order valence-electron chi connectivity index (χ4n) is 1.59. The second-order valence-electron chi connectivity index (χ2n) is 4.07. The third kappa shape index (κ3) is 3.76. The van der Waals surface area contributed by atoms with Gasteiger partial charge >= 0.3 is 0 Å². The minimum Gasteiger partial charge on any atom is -0.285 e. The lowest BCUT2D eigenvalue weighted by atomic mass is 10.3. The van der Waals surface area contributed by atoms with E-state index in [4.69, 9.17) is 4.55 Å². The molecule has 0 spiro atoms. The third-order valence-corrected chi connectivity index (χ3v) is 3.37. The van der Waals surface area contributed by atoms with Gasteiger partial charge in [-0.05, 0) is 11.2 Å². The first-order valence-corrected chi connectivity index (χ1v) is 7.16. The van der Waals surface area contributed by atoms with Crippen molar-refractivity contribution in [2.75, 3.05) is 5.75 Å². The van der Waals surface area contributed by atoms with Crippen molar-refractivity contribution in [1.29, 1.82) is 0 Å². The molecule has 0 saturated heterocycles. The Hall–Kier alpha value is -1.93. The molecule has 0 saturated carbocycles. The molecule has 1 N–H and O–H groups in total. The monoisotopic (exact) mass is 281 g/mol. The standard InChI is InChI=1S/C11H12N4O3S/c1-9(8-19(16,17)18)15-6-3-10(7-14-15)11-12-4-2-5-13-11/h2-7,9H,8H2,1H3/p+1. The first-order valence-electron chi connectivity index (χ1n) is 5.56. The van der Waals surface area contributed by atoms with E-state index in [-0.39, 0.29) is 5.75 Å². The van der Waals surface area contributed by atoms with Crippen LogP contribution in [0, 0.1) is 0 Å². The van der Waals surface area contributed by atoms with E-state index in [0.29, 0.717) is 5.82 Å². The van der Waals surface area contributed by atoms with Crippen molar-refractivity contribution in [3.63, 3.8) is 0 Å². The highest BCUT2D eigenvalue weighted by Crippen LogP contribution is 2.10. The zero-order valence-corrected chi connectivity index (χ0v) is 11.0. The molecule has 8 heteroatoms. The summed E-state index contributed by atoms with van der Waals surface area (Å²) in [6, 6.07) is 3.00. The SMILES string of the molecule is CC(CS(=O)(=O)O)[n+]1ccc(-c2ncccn2)cn1. The van der Waals surface area contributed by atoms with Crippen LogP contribution in [-0.2, 0) is 10.1 Å². The first kappa shape index (κ1) is 13.5. The molecule has 1 atom stereocenters. The molecule has 2 aromatic heterocycles. The first-order chi connectivity index (χ1) is 8.96. The number of hydrogen-bond donors (Lipinski definition) is 1. The van der Waals surface area contributed by atoms with Crippen molar-refractivity contribution in [2.24, 2.45) is 0 Å². The highest BCUT2D eigenvalue weighted by atomic mass is 32.2. The highest BCUT2D eigenvalue weighted by molar-refractivity contribution is 7.85. The molecule has 0 radical (unpaired) electrons. The van der Waals surface area contributed by atoms with Gasteiger partial charge in [0.05, 0.1) is 0 Å². The average Bonchev–Trinajstić information content (AvgIpc) is 2.38.